The molecular formula is C12H16O. The van der Waals surface area contributed by atoms with Crippen molar-refractivity contribution >= 4 is 0 Å². The lowest BCUT2D eigenvalue weighted by atomic mass is 9.94. The minimum Gasteiger partial charge on any atom is -0.366 e. The summed E-state index contributed by atoms with van der Waals surface area (Å²) < 4.78 is 5.71. The van der Waals surface area contributed by atoms with Crippen LogP contribution < -0.4 is 0 Å². The predicted molar refractivity (Wildman–Crippen MR) is 53.6 cm³/mol. The van der Waals surface area contributed by atoms with Gasteiger partial charge in [-0.1, -0.05) is 25.1 Å². The molecule has 0 spiro atoms. The van der Waals surface area contributed by atoms with Crippen molar-refractivity contribution in [1.82, 2.24) is 0 Å². The smallest absolute Gasteiger partial charge is 0.0883 e. The molecule has 1 nitrogen and oxygen atoms in total. The topological polar surface area (TPSA) is 9.23 Å². The Morgan fingerprint density at radius 3 is 2.85 bits per heavy atom. The summed E-state index contributed by atoms with van der Waals surface area (Å²) in [5.41, 5.74) is 4.04. The SMILES string of the molecule is CCc1ccc2c(c1)COC2(C)C. The zero-order valence-electron chi connectivity index (χ0n) is 8.55. The van der Waals surface area contributed by atoms with E-state index in [0.717, 1.165) is 13.0 Å². The van der Waals surface area contributed by atoms with Gasteiger partial charge in [0.05, 0.1) is 12.2 Å². The molecule has 0 radical (unpaired) electrons. The molecular weight excluding hydrogens is 160 g/mol. The fourth-order valence-corrected chi connectivity index (χ4v) is 1.91. The Labute approximate surface area is 79.7 Å². The number of hydrogen-bond donors (Lipinski definition) is 0. The number of ether oxygens (including phenoxy) is 1. The molecule has 0 aromatic heterocycles. The molecule has 0 saturated heterocycles. The Kier molecular flexibility index (Phi) is 1.92. The quantitative estimate of drug-likeness (QED) is 0.639. The molecule has 2 rings (SSSR count). The second-order valence-corrected chi connectivity index (χ2v) is 4.14. The molecule has 0 N–H and O–H groups in total. The molecule has 0 saturated carbocycles. The van der Waals surface area contributed by atoms with Gasteiger partial charge in [0.25, 0.3) is 0 Å². The van der Waals surface area contributed by atoms with Gasteiger partial charge in [0.1, 0.15) is 0 Å². The van der Waals surface area contributed by atoms with E-state index in [9.17, 15) is 0 Å². The first-order valence-electron chi connectivity index (χ1n) is 4.90. The molecule has 70 valence electrons. The van der Waals surface area contributed by atoms with Crippen molar-refractivity contribution in [3.63, 3.8) is 0 Å². The number of hydrogen-bond acceptors (Lipinski definition) is 1. The number of aryl methyl sites for hydroxylation is 1. The van der Waals surface area contributed by atoms with Crippen molar-refractivity contribution in [1.29, 1.82) is 0 Å². The maximum atomic E-state index is 5.71. The van der Waals surface area contributed by atoms with Crippen LogP contribution in [0.5, 0.6) is 0 Å². The third-order valence-corrected chi connectivity index (χ3v) is 2.82. The second kappa shape index (κ2) is 2.85. The molecule has 0 unspecified atom stereocenters. The second-order valence-electron chi connectivity index (χ2n) is 4.14. The monoisotopic (exact) mass is 176 g/mol. The van der Waals surface area contributed by atoms with Crippen molar-refractivity contribution in [2.24, 2.45) is 0 Å². The van der Waals surface area contributed by atoms with Crippen LogP contribution in [-0.2, 0) is 23.4 Å². The number of rotatable bonds is 1. The highest BCUT2D eigenvalue weighted by atomic mass is 16.5. The van der Waals surface area contributed by atoms with Gasteiger partial charge in [-0.2, -0.15) is 0 Å². The Bertz CT molecular complexity index is 326. The zero-order valence-corrected chi connectivity index (χ0v) is 8.55. The zero-order chi connectivity index (χ0) is 9.47. The van der Waals surface area contributed by atoms with Crippen LogP contribution in [0.25, 0.3) is 0 Å². The van der Waals surface area contributed by atoms with E-state index in [-0.39, 0.29) is 5.60 Å². The molecule has 0 aliphatic carbocycles. The molecule has 1 heteroatoms. The molecule has 0 fully saturated rings. The van der Waals surface area contributed by atoms with Crippen molar-refractivity contribution in [3.05, 3.63) is 34.9 Å². The summed E-state index contributed by atoms with van der Waals surface area (Å²) in [4.78, 5) is 0. The van der Waals surface area contributed by atoms with Crippen molar-refractivity contribution in [2.75, 3.05) is 0 Å². The summed E-state index contributed by atoms with van der Waals surface area (Å²) in [7, 11) is 0. The molecule has 1 heterocycles. The highest BCUT2D eigenvalue weighted by Crippen LogP contribution is 2.35. The fraction of sp³-hybridized carbons (Fsp3) is 0.500. The Morgan fingerprint density at radius 2 is 2.15 bits per heavy atom. The van der Waals surface area contributed by atoms with E-state index in [4.69, 9.17) is 4.74 Å². The van der Waals surface area contributed by atoms with Gasteiger partial charge in [0, 0.05) is 0 Å². The first-order valence-corrected chi connectivity index (χ1v) is 4.90. The third-order valence-electron chi connectivity index (χ3n) is 2.82. The summed E-state index contributed by atoms with van der Waals surface area (Å²) in [5.74, 6) is 0. The molecule has 0 bridgehead atoms. The number of benzene rings is 1. The van der Waals surface area contributed by atoms with Gasteiger partial charge in [-0.15, -0.1) is 0 Å². The highest BCUT2D eigenvalue weighted by Gasteiger charge is 2.30. The van der Waals surface area contributed by atoms with E-state index < -0.39 is 0 Å². The molecule has 13 heavy (non-hydrogen) atoms. The summed E-state index contributed by atoms with van der Waals surface area (Å²) in [6.45, 7) is 7.22. The molecule has 1 aliphatic rings. The van der Waals surface area contributed by atoms with Crippen LogP contribution in [0.4, 0.5) is 0 Å². The minimum atomic E-state index is -0.0817. The van der Waals surface area contributed by atoms with E-state index >= 15 is 0 Å². The Morgan fingerprint density at radius 1 is 1.38 bits per heavy atom. The molecule has 1 aliphatic heterocycles. The van der Waals surface area contributed by atoms with Gasteiger partial charge in [0.2, 0.25) is 0 Å². The lowest BCUT2D eigenvalue weighted by Gasteiger charge is -2.18. The molecule has 0 atom stereocenters. The molecule has 1 aromatic rings. The lowest BCUT2D eigenvalue weighted by molar-refractivity contribution is -0.00789. The lowest BCUT2D eigenvalue weighted by Crippen LogP contribution is -2.14. The largest absolute Gasteiger partial charge is 0.366 e. The molecule has 1 aromatic carbocycles. The summed E-state index contributed by atoms with van der Waals surface area (Å²) >= 11 is 0. The number of fused-ring (bicyclic) bond motifs is 1. The van der Waals surface area contributed by atoms with Gasteiger partial charge in [-0.25, -0.2) is 0 Å². The summed E-state index contributed by atoms with van der Waals surface area (Å²) in [5, 5.41) is 0. The van der Waals surface area contributed by atoms with Crippen LogP contribution in [0.2, 0.25) is 0 Å². The van der Waals surface area contributed by atoms with Gasteiger partial charge in [-0.3, -0.25) is 0 Å². The average Bonchev–Trinajstić information content (AvgIpc) is 2.42. The van der Waals surface area contributed by atoms with Crippen LogP contribution in [0.3, 0.4) is 0 Å². The normalized spacial score (nSPS) is 18.7. The predicted octanol–water partition coefficient (Wildman–Crippen LogP) is 3.01. The standard InChI is InChI=1S/C12H16O/c1-4-9-5-6-11-10(7-9)8-13-12(11,2)3/h5-7H,4,8H2,1-3H3. The van der Waals surface area contributed by atoms with Gasteiger partial charge < -0.3 is 4.74 Å². The van der Waals surface area contributed by atoms with Crippen LogP contribution in [0.1, 0.15) is 37.5 Å². The van der Waals surface area contributed by atoms with Crippen LogP contribution >= 0.6 is 0 Å². The molecule has 0 amide bonds. The van der Waals surface area contributed by atoms with Crippen LogP contribution in [0, 0.1) is 0 Å². The van der Waals surface area contributed by atoms with Crippen molar-refractivity contribution in [3.8, 4) is 0 Å². The highest BCUT2D eigenvalue weighted by molar-refractivity contribution is 5.37. The first kappa shape index (κ1) is 8.76. The summed E-state index contributed by atoms with van der Waals surface area (Å²) in [6, 6.07) is 6.68. The average molecular weight is 176 g/mol. The van der Waals surface area contributed by atoms with Crippen molar-refractivity contribution in [2.45, 2.75) is 39.4 Å². The van der Waals surface area contributed by atoms with Gasteiger partial charge >= 0.3 is 0 Å². The van der Waals surface area contributed by atoms with E-state index in [2.05, 4.69) is 39.0 Å². The minimum absolute atomic E-state index is 0.0817. The van der Waals surface area contributed by atoms with Gasteiger partial charge in [0.15, 0.2) is 0 Å². The van der Waals surface area contributed by atoms with Crippen LogP contribution in [0.15, 0.2) is 18.2 Å². The van der Waals surface area contributed by atoms with Gasteiger partial charge in [-0.05, 0) is 37.0 Å². The first-order chi connectivity index (χ1) is 6.13. The maximum absolute atomic E-state index is 5.71. The van der Waals surface area contributed by atoms with E-state index in [0.29, 0.717) is 0 Å². The maximum Gasteiger partial charge on any atom is 0.0883 e. The van der Waals surface area contributed by atoms with E-state index in [1.165, 1.54) is 16.7 Å². The van der Waals surface area contributed by atoms with E-state index in [1.807, 2.05) is 0 Å². The van der Waals surface area contributed by atoms with Crippen LogP contribution in [-0.4, -0.2) is 0 Å². The Hall–Kier alpha value is -0.820. The third kappa shape index (κ3) is 1.37. The van der Waals surface area contributed by atoms with E-state index in [1.54, 1.807) is 0 Å². The summed E-state index contributed by atoms with van der Waals surface area (Å²) in [6.07, 6.45) is 1.10. The fourth-order valence-electron chi connectivity index (χ4n) is 1.91. The van der Waals surface area contributed by atoms with Crippen molar-refractivity contribution < 1.29 is 4.74 Å². The Balaban J connectivity index is 2.46.